The van der Waals surface area contributed by atoms with Gasteiger partial charge in [-0.15, -0.1) is 0 Å². The number of amides is 1. The molecule has 1 heterocycles. The van der Waals surface area contributed by atoms with Gasteiger partial charge in [0, 0.05) is 12.1 Å². The molecule has 0 saturated carbocycles. The Morgan fingerprint density at radius 1 is 1.33 bits per heavy atom. The Morgan fingerprint density at radius 3 is 2.62 bits per heavy atom. The highest BCUT2D eigenvalue weighted by molar-refractivity contribution is 6.33. The number of nitrogens with one attached hydrogen (secondary N) is 1. The highest BCUT2D eigenvalue weighted by Gasteiger charge is 2.23. The molecule has 7 nitrogen and oxygen atoms in total. The fraction of sp³-hybridized carbons (Fsp3) is 0.375. The van der Waals surface area contributed by atoms with E-state index in [0.29, 0.717) is 18.7 Å². The lowest BCUT2D eigenvalue weighted by molar-refractivity contribution is -0.389. The highest BCUT2D eigenvalue weighted by atomic mass is 35.5. The summed E-state index contributed by atoms with van der Waals surface area (Å²) in [6.45, 7) is 6.05. The molecule has 128 valence electrons. The first-order valence-electron chi connectivity index (χ1n) is 7.54. The summed E-state index contributed by atoms with van der Waals surface area (Å²) in [5.74, 6) is -0.461. The van der Waals surface area contributed by atoms with Crippen molar-refractivity contribution in [1.29, 1.82) is 0 Å². The van der Waals surface area contributed by atoms with Gasteiger partial charge in [-0.05, 0) is 55.4 Å². The number of anilines is 1. The summed E-state index contributed by atoms with van der Waals surface area (Å²) in [5.41, 5.74) is 3.57. The molecule has 1 N–H and O–H groups in total. The van der Waals surface area contributed by atoms with Crippen LogP contribution < -0.4 is 5.32 Å². The number of hydrogen-bond donors (Lipinski definition) is 1. The lowest BCUT2D eigenvalue weighted by Crippen LogP contribution is -2.13. The number of aromatic nitrogens is 2. The topological polar surface area (TPSA) is 90.1 Å². The second kappa shape index (κ2) is 7.44. The molecule has 2 rings (SSSR count). The standard InChI is InChI=1S/C16H19ClN4O3/c1-10-6-7-13(9-11(10)2)18-14(22)5-4-8-20-12(3)15(17)16(19-20)21(23)24/h6-7,9H,4-5,8H2,1-3H3,(H,18,22). The summed E-state index contributed by atoms with van der Waals surface area (Å²) in [4.78, 5) is 22.2. The van der Waals surface area contributed by atoms with Crippen molar-refractivity contribution in [3.63, 3.8) is 0 Å². The van der Waals surface area contributed by atoms with Gasteiger partial charge in [0.2, 0.25) is 5.91 Å². The van der Waals surface area contributed by atoms with Gasteiger partial charge in [-0.2, -0.15) is 4.68 Å². The predicted molar refractivity (Wildman–Crippen MR) is 92.4 cm³/mol. The van der Waals surface area contributed by atoms with Crippen molar-refractivity contribution >= 4 is 29.0 Å². The van der Waals surface area contributed by atoms with Crippen LogP contribution in [0.1, 0.15) is 29.7 Å². The molecule has 0 radical (unpaired) electrons. The Labute approximate surface area is 144 Å². The van der Waals surface area contributed by atoms with Crippen LogP contribution in [-0.2, 0) is 11.3 Å². The maximum atomic E-state index is 12.0. The zero-order valence-corrected chi connectivity index (χ0v) is 14.6. The molecule has 0 aliphatic heterocycles. The lowest BCUT2D eigenvalue weighted by atomic mass is 10.1. The zero-order chi connectivity index (χ0) is 17.9. The molecule has 24 heavy (non-hydrogen) atoms. The van der Waals surface area contributed by atoms with Crippen molar-refractivity contribution in [3.8, 4) is 0 Å². The molecule has 0 unspecified atom stereocenters. The lowest BCUT2D eigenvalue weighted by Gasteiger charge is -2.07. The molecule has 0 aliphatic carbocycles. The fourth-order valence-electron chi connectivity index (χ4n) is 2.27. The Hall–Kier alpha value is -2.41. The number of nitro groups is 1. The number of carbonyl (C=O) groups is 1. The van der Waals surface area contributed by atoms with Gasteiger partial charge in [-0.1, -0.05) is 17.7 Å². The summed E-state index contributed by atoms with van der Waals surface area (Å²) in [5, 5.41) is 17.6. The molecule has 1 amide bonds. The molecule has 8 heteroatoms. The molecule has 0 fully saturated rings. The number of benzene rings is 1. The van der Waals surface area contributed by atoms with Crippen LogP contribution in [0.25, 0.3) is 0 Å². The minimum absolute atomic E-state index is 0.0413. The third-order valence-electron chi connectivity index (χ3n) is 3.85. The van der Waals surface area contributed by atoms with Crippen molar-refractivity contribution in [2.45, 2.75) is 40.2 Å². The van der Waals surface area contributed by atoms with Crippen LogP contribution in [0.5, 0.6) is 0 Å². The van der Waals surface area contributed by atoms with Gasteiger partial charge in [-0.25, -0.2) is 0 Å². The highest BCUT2D eigenvalue weighted by Crippen LogP contribution is 2.26. The fourth-order valence-corrected chi connectivity index (χ4v) is 2.48. The second-order valence-electron chi connectivity index (χ2n) is 5.65. The van der Waals surface area contributed by atoms with Crippen LogP contribution in [0.2, 0.25) is 5.02 Å². The molecule has 0 aliphatic rings. The SMILES string of the molecule is Cc1ccc(NC(=O)CCCn2nc([N+](=O)[O-])c(Cl)c2C)cc1C. The van der Waals surface area contributed by atoms with E-state index in [9.17, 15) is 14.9 Å². The van der Waals surface area contributed by atoms with Crippen LogP contribution in [0.3, 0.4) is 0 Å². The zero-order valence-electron chi connectivity index (χ0n) is 13.8. The molecule has 0 spiro atoms. The third-order valence-corrected chi connectivity index (χ3v) is 4.30. The van der Waals surface area contributed by atoms with Crippen LogP contribution in [0.15, 0.2) is 18.2 Å². The monoisotopic (exact) mass is 350 g/mol. The summed E-state index contributed by atoms with van der Waals surface area (Å²) in [6, 6.07) is 5.74. The van der Waals surface area contributed by atoms with Crippen molar-refractivity contribution in [2.24, 2.45) is 0 Å². The van der Waals surface area contributed by atoms with E-state index in [2.05, 4.69) is 10.4 Å². The van der Waals surface area contributed by atoms with Crippen LogP contribution in [0.4, 0.5) is 11.5 Å². The summed E-state index contributed by atoms with van der Waals surface area (Å²) in [7, 11) is 0. The average molecular weight is 351 g/mol. The molecular formula is C16H19ClN4O3. The largest absolute Gasteiger partial charge is 0.408 e. The van der Waals surface area contributed by atoms with Gasteiger partial charge in [-0.3, -0.25) is 4.79 Å². The number of nitrogens with zero attached hydrogens (tertiary/aromatic N) is 3. The normalized spacial score (nSPS) is 10.7. The number of rotatable bonds is 6. The minimum atomic E-state index is -0.613. The summed E-state index contributed by atoms with van der Waals surface area (Å²) in [6.07, 6.45) is 0.796. The smallest absolute Gasteiger partial charge is 0.358 e. The van der Waals surface area contributed by atoms with E-state index in [-0.39, 0.29) is 23.2 Å². The second-order valence-corrected chi connectivity index (χ2v) is 6.03. The van der Waals surface area contributed by atoms with Crippen molar-refractivity contribution < 1.29 is 9.72 Å². The van der Waals surface area contributed by atoms with Gasteiger partial charge < -0.3 is 15.4 Å². The van der Waals surface area contributed by atoms with Crippen molar-refractivity contribution in [1.82, 2.24) is 9.78 Å². The Kier molecular flexibility index (Phi) is 5.56. The number of halogens is 1. The van der Waals surface area contributed by atoms with E-state index >= 15 is 0 Å². The van der Waals surface area contributed by atoms with Gasteiger partial charge in [0.1, 0.15) is 0 Å². The average Bonchev–Trinajstić information content (AvgIpc) is 2.79. The first-order valence-corrected chi connectivity index (χ1v) is 7.91. The summed E-state index contributed by atoms with van der Waals surface area (Å²) < 4.78 is 1.46. The minimum Gasteiger partial charge on any atom is -0.358 e. The summed E-state index contributed by atoms with van der Waals surface area (Å²) >= 11 is 5.88. The molecule has 2 aromatic rings. The molecule has 0 saturated heterocycles. The molecule has 1 aromatic carbocycles. The third kappa shape index (κ3) is 4.11. The Morgan fingerprint density at radius 2 is 2.04 bits per heavy atom. The first-order chi connectivity index (χ1) is 11.3. The maximum Gasteiger partial charge on any atom is 0.408 e. The predicted octanol–water partition coefficient (Wildman–Crippen LogP) is 3.79. The number of aryl methyl sites for hydroxylation is 3. The van der Waals surface area contributed by atoms with E-state index in [1.165, 1.54) is 10.2 Å². The van der Waals surface area contributed by atoms with Crippen LogP contribution >= 0.6 is 11.6 Å². The molecule has 0 bridgehead atoms. The van der Waals surface area contributed by atoms with Crippen molar-refractivity contribution in [2.75, 3.05) is 5.32 Å². The quantitative estimate of drug-likeness (QED) is 0.634. The van der Waals surface area contributed by atoms with Crippen LogP contribution in [-0.4, -0.2) is 20.6 Å². The van der Waals surface area contributed by atoms with E-state index in [0.717, 1.165) is 11.3 Å². The Bertz CT molecular complexity index is 786. The van der Waals surface area contributed by atoms with E-state index in [4.69, 9.17) is 11.6 Å². The van der Waals surface area contributed by atoms with Gasteiger partial charge in [0.15, 0.2) is 5.02 Å². The Balaban J connectivity index is 1.90. The molecule has 1 aromatic heterocycles. The number of hydrogen-bond acceptors (Lipinski definition) is 4. The van der Waals surface area contributed by atoms with E-state index in [1.807, 2.05) is 32.0 Å². The van der Waals surface area contributed by atoms with Crippen LogP contribution in [0, 0.1) is 30.9 Å². The van der Waals surface area contributed by atoms with E-state index in [1.54, 1.807) is 6.92 Å². The first kappa shape index (κ1) is 17.9. The van der Waals surface area contributed by atoms with E-state index < -0.39 is 4.92 Å². The van der Waals surface area contributed by atoms with Gasteiger partial charge in [0.05, 0.1) is 17.3 Å². The molecule has 0 atom stereocenters. The maximum absolute atomic E-state index is 12.0. The van der Waals surface area contributed by atoms with Gasteiger partial charge >= 0.3 is 5.82 Å². The molecular weight excluding hydrogens is 332 g/mol. The van der Waals surface area contributed by atoms with Crippen molar-refractivity contribution in [3.05, 3.63) is 50.2 Å². The van der Waals surface area contributed by atoms with Gasteiger partial charge in [0.25, 0.3) is 0 Å². The number of carbonyl (C=O) groups excluding carboxylic acids is 1.